The lowest BCUT2D eigenvalue weighted by molar-refractivity contribution is 0.134. The Labute approximate surface area is 169 Å². The lowest BCUT2D eigenvalue weighted by atomic mass is 10.1. The van der Waals surface area contributed by atoms with Gasteiger partial charge in [-0.2, -0.15) is 0 Å². The van der Waals surface area contributed by atoms with E-state index in [-0.39, 0.29) is 12.1 Å². The van der Waals surface area contributed by atoms with Crippen molar-refractivity contribution in [3.05, 3.63) is 29.8 Å². The topological polar surface area (TPSA) is 69.1 Å². The average molecular weight is 389 g/mol. The van der Waals surface area contributed by atoms with Crippen molar-refractivity contribution in [2.75, 3.05) is 39.8 Å². The van der Waals surface area contributed by atoms with Gasteiger partial charge in [0.1, 0.15) is 5.75 Å². The van der Waals surface area contributed by atoms with Crippen molar-refractivity contribution in [3.8, 4) is 5.75 Å². The third-order valence-corrected chi connectivity index (χ3v) is 5.98. The van der Waals surface area contributed by atoms with E-state index in [1.807, 2.05) is 6.07 Å². The minimum Gasteiger partial charge on any atom is -0.497 e. The van der Waals surface area contributed by atoms with E-state index in [9.17, 15) is 5.11 Å². The van der Waals surface area contributed by atoms with Gasteiger partial charge < -0.3 is 20.5 Å². The van der Waals surface area contributed by atoms with Crippen molar-refractivity contribution in [1.29, 1.82) is 0 Å². The molecule has 0 aromatic heterocycles. The van der Waals surface area contributed by atoms with Crippen LogP contribution in [0.2, 0.25) is 0 Å². The SMILES string of the molecule is CCNC(=NCC(c1cccc(OC)c1)N1CCCC1)NCC1CCCC1O. The molecule has 3 rings (SSSR count). The first-order chi connectivity index (χ1) is 13.7. The maximum atomic E-state index is 10.1. The fourth-order valence-electron chi connectivity index (χ4n) is 4.34. The molecule has 1 aromatic rings. The summed E-state index contributed by atoms with van der Waals surface area (Å²) in [5.74, 6) is 2.07. The molecule has 1 saturated carbocycles. The summed E-state index contributed by atoms with van der Waals surface area (Å²) in [5.41, 5.74) is 1.26. The standard InChI is InChI=1S/C22H36N4O2/c1-3-23-22(24-15-18-9-7-11-21(18)27)25-16-20(26-12-4-5-13-26)17-8-6-10-19(14-17)28-2/h6,8,10,14,18,20-21,27H,3-5,7,9,11-13,15-16H2,1-2H3,(H2,23,24,25). The second-order valence-electron chi connectivity index (χ2n) is 7.89. The van der Waals surface area contributed by atoms with E-state index < -0.39 is 0 Å². The van der Waals surface area contributed by atoms with Crippen molar-refractivity contribution >= 4 is 5.96 Å². The van der Waals surface area contributed by atoms with Crippen LogP contribution < -0.4 is 15.4 Å². The molecule has 28 heavy (non-hydrogen) atoms. The van der Waals surface area contributed by atoms with E-state index in [1.165, 1.54) is 18.4 Å². The number of guanidine groups is 1. The van der Waals surface area contributed by atoms with E-state index in [1.54, 1.807) is 7.11 Å². The van der Waals surface area contributed by atoms with Gasteiger partial charge in [0, 0.05) is 19.0 Å². The molecule has 3 unspecified atom stereocenters. The highest BCUT2D eigenvalue weighted by molar-refractivity contribution is 5.79. The van der Waals surface area contributed by atoms with Crippen LogP contribution in [0.5, 0.6) is 5.75 Å². The molecule has 0 bridgehead atoms. The minimum atomic E-state index is -0.176. The van der Waals surface area contributed by atoms with Crippen molar-refractivity contribution in [3.63, 3.8) is 0 Å². The number of methoxy groups -OCH3 is 1. The highest BCUT2D eigenvalue weighted by atomic mass is 16.5. The van der Waals surface area contributed by atoms with Crippen LogP contribution in [0.25, 0.3) is 0 Å². The average Bonchev–Trinajstić information content (AvgIpc) is 3.38. The molecule has 0 radical (unpaired) electrons. The molecule has 156 valence electrons. The zero-order valence-electron chi connectivity index (χ0n) is 17.4. The summed E-state index contributed by atoms with van der Waals surface area (Å²) in [7, 11) is 1.72. The molecule has 1 heterocycles. The molecule has 3 atom stereocenters. The largest absolute Gasteiger partial charge is 0.497 e. The number of ether oxygens (including phenoxy) is 1. The van der Waals surface area contributed by atoms with Crippen molar-refractivity contribution in [2.24, 2.45) is 10.9 Å². The van der Waals surface area contributed by atoms with Crippen LogP contribution in [0.4, 0.5) is 0 Å². The first-order valence-corrected chi connectivity index (χ1v) is 10.8. The third kappa shape index (κ3) is 5.61. The molecule has 2 fully saturated rings. The van der Waals surface area contributed by atoms with Crippen LogP contribution in [0.3, 0.4) is 0 Å². The van der Waals surface area contributed by atoms with Crippen LogP contribution in [0.1, 0.15) is 50.6 Å². The van der Waals surface area contributed by atoms with E-state index in [0.717, 1.165) is 57.2 Å². The molecule has 6 nitrogen and oxygen atoms in total. The molecule has 1 aliphatic carbocycles. The Morgan fingerprint density at radius 2 is 2.07 bits per heavy atom. The first-order valence-electron chi connectivity index (χ1n) is 10.8. The summed E-state index contributed by atoms with van der Waals surface area (Å²) in [6.07, 6.45) is 5.46. The highest BCUT2D eigenvalue weighted by Crippen LogP contribution is 2.28. The number of rotatable bonds is 8. The third-order valence-electron chi connectivity index (χ3n) is 5.98. The van der Waals surface area contributed by atoms with E-state index in [0.29, 0.717) is 12.5 Å². The van der Waals surface area contributed by atoms with E-state index in [2.05, 4.69) is 40.7 Å². The van der Waals surface area contributed by atoms with Gasteiger partial charge in [0.2, 0.25) is 0 Å². The molecular weight excluding hydrogens is 352 g/mol. The molecular formula is C22H36N4O2. The van der Waals surface area contributed by atoms with Gasteiger partial charge in [0.05, 0.1) is 25.8 Å². The normalized spacial score (nSPS) is 24.3. The Balaban J connectivity index is 1.69. The van der Waals surface area contributed by atoms with E-state index in [4.69, 9.17) is 9.73 Å². The van der Waals surface area contributed by atoms with Crippen LogP contribution in [0, 0.1) is 5.92 Å². The second kappa shape index (κ2) is 10.7. The van der Waals surface area contributed by atoms with Gasteiger partial charge in [-0.05, 0) is 63.4 Å². The fraction of sp³-hybridized carbons (Fsp3) is 0.682. The first kappa shape index (κ1) is 20.9. The van der Waals surface area contributed by atoms with Crippen LogP contribution in [0.15, 0.2) is 29.3 Å². The van der Waals surface area contributed by atoms with Gasteiger partial charge in [0.25, 0.3) is 0 Å². The zero-order chi connectivity index (χ0) is 19.8. The van der Waals surface area contributed by atoms with Gasteiger partial charge in [-0.3, -0.25) is 9.89 Å². The monoisotopic (exact) mass is 388 g/mol. The molecule has 6 heteroatoms. The maximum absolute atomic E-state index is 10.1. The van der Waals surface area contributed by atoms with Crippen molar-refractivity contribution in [1.82, 2.24) is 15.5 Å². The molecule has 1 saturated heterocycles. The number of hydrogen-bond donors (Lipinski definition) is 3. The quantitative estimate of drug-likeness (QED) is 0.472. The number of nitrogens with zero attached hydrogens (tertiary/aromatic N) is 2. The number of hydrogen-bond acceptors (Lipinski definition) is 4. The molecule has 0 spiro atoms. The Morgan fingerprint density at radius 3 is 2.75 bits per heavy atom. The number of aliphatic imine (C=N–C) groups is 1. The summed E-state index contributed by atoms with van der Waals surface area (Å²) < 4.78 is 5.43. The number of aliphatic hydroxyl groups is 1. The lowest BCUT2D eigenvalue weighted by Crippen LogP contribution is -2.41. The second-order valence-corrected chi connectivity index (χ2v) is 7.89. The Bertz CT molecular complexity index is 631. The lowest BCUT2D eigenvalue weighted by Gasteiger charge is -2.27. The molecule has 0 amide bonds. The summed E-state index contributed by atoms with van der Waals surface area (Å²) in [6.45, 7) is 6.63. The smallest absolute Gasteiger partial charge is 0.191 e. The predicted molar refractivity (Wildman–Crippen MR) is 114 cm³/mol. The maximum Gasteiger partial charge on any atom is 0.191 e. The van der Waals surface area contributed by atoms with Gasteiger partial charge in [0.15, 0.2) is 5.96 Å². The predicted octanol–water partition coefficient (Wildman–Crippen LogP) is 2.55. The fourth-order valence-corrected chi connectivity index (χ4v) is 4.34. The number of aliphatic hydroxyl groups excluding tert-OH is 1. The van der Waals surface area contributed by atoms with Gasteiger partial charge in [-0.25, -0.2) is 0 Å². The van der Waals surface area contributed by atoms with E-state index >= 15 is 0 Å². The molecule has 1 aromatic carbocycles. The summed E-state index contributed by atoms with van der Waals surface area (Å²) in [5, 5.41) is 16.9. The van der Waals surface area contributed by atoms with Gasteiger partial charge in [-0.15, -0.1) is 0 Å². The summed E-state index contributed by atoms with van der Waals surface area (Å²) in [4.78, 5) is 7.44. The summed E-state index contributed by atoms with van der Waals surface area (Å²) in [6, 6.07) is 8.62. The summed E-state index contributed by atoms with van der Waals surface area (Å²) >= 11 is 0. The number of likely N-dealkylation sites (tertiary alicyclic amines) is 1. The van der Waals surface area contributed by atoms with Crippen LogP contribution >= 0.6 is 0 Å². The Hall–Kier alpha value is -1.79. The Morgan fingerprint density at radius 1 is 1.25 bits per heavy atom. The Kier molecular flexibility index (Phi) is 7.98. The highest BCUT2D eigenvalue weighted by Gasteiger charge is 2.26. The van der Waals surface area contributed by atoms with Crippen molar-refractivity contribution < 1.29 is 9.84 Å². The molecule has 2 aliphatic rings. The van der Waals surface area contributed by atoms with Crippen molar-refractivity contribution in [2.45, 2.75) is 51.2 Å². The van der Waals surface area contributed by atoms with Crippen LogP contribution in [-0.4, -0.2) is 61.9 Å². The van der Waals surface area contributed by atoms with Gasteiger partial charge in [-0.1, -0.05) is 18.6 Å². The molecule has 3 N–H and O–H groups in total. The number of nitrogens with one attached hydrogen (secondary N) is 2. The van der Waals surface area contributed by atoms with Gasteiger partial charge >= 0.3 is 0 Å². The minimum absolute atomic E-state index is 0.176. The molecule has 1 aliphatic heterocycles. The number of benzene rings is 1. The van der Waals surface area contributed by atoms with Crippen LogP contribution in [-0.2, 0) is 0 Å². The zero-order valence-corrected chi connectivity index (χ0v) is 17.4.